The summed E-state index contributed by atoms with van der Waals surface area (Å²) in [5, 5.41) is 0. The molecule has 1 aromatic rings. The van der Waals surface area contributed by atoms with Crippen LogP contribution in [0.5, 0.6) is 5.75 Å². The van der Waals surface area contributed by atoms with E-state index in [1.807, 2.05) is 19.1 Å². The third-order valence-electron chi connectivity index (χ3n) is 1.77. The highest BCUT2D eigenvalue weighted by atomic mass is 32.2. The average molecular weight is 199 g/mol. The molecule has 0 aliphatic rings. The SMILES string of the molecule is COc1c(C)cccc1CS(=O)[O-]. The fourth-order valence-electron chi connectivity index (χ4n) is 1.25. The number of rotatable bonds is 3. The van der Waals surface area contributed by atoms with E-state index in [1.165, 1.54) is 0 Å². The molecule has 1 atom stereocenters. The lowest BCUT2D eigenvalue weighted by Gasteiger charge is -2.12. The number of ether oxygens (including phenoxy) is 1. The van der Waals surface area contributed by atoms with E-state index in [1.54, 1.807) is 13.2 Å². The summed E-state index contributed by atoms with van der Waals surface area (Å²) in [6.07, 6.45) is 0. The predicted octanol–water partition coefficient (Wildman–Crippen LogP) is 1.38. The maximum atomic E-state index is 10.5. The van der Waals surface area contributed by atoms with Gasteiger partial charge in [-0.05, 0) is 12.5 Å². The highest BCUT2D eigenvalue weighted by Gasteiger charge is 2.04. The largest absolute Gasteiger partial charge is 0.772 e. The van der Waals surface area contributed by atoms with E-state index >= 15 is 0 Å². The minimum atomic E-state index is -2.07. The lowest BCUT2D eigenvalue weighted by atomic mass is 10.1. The van der Waals surface area contributed by atoms with Crippen LogP contribution < -0.4 is 4.74 Å². The van der Waals surface area contributed by atoms with Gasteiger partial charge in [0.15, 0.2) is 0 Å². The van der Waals surface area contributed by atoms with E-state index in [2.05, 4.69) is 0 Å². The Balaban J connectivity index is 3.05. The molecule has 4 heteroatoms. The Morgan fingerprint density at radius 3 is 2.77 bits per heavy atom. The molecule has 0 aliphatic heterocycles. The summed E-state index contributed by atoms with van der Waals surface area (Å²) in [6.45, 7) is 1.88. The van der Waals surface area contributed by atoms with Crippen molar-refractivity contribution in [1.29, 1.82) is 0 Å². The first-order valence-electron chi connectivity index (χ1n) is 3.83. The second-order valence-electron chi connectivity index (χ2n) is 2.72. The number of hydrogen-bond acceptors (Lipinski definition) is 3. The van der Waals surface area contributed by atoms with E-state index in [0.717, 1.165) is 5.56 Å². The second-order valence-corrected chi connectivity index (χ2v) is 3.61. The molecule has 0 fully saturated rings. The lowest BCUT2D eigenvalue weighted by molar-refractivity contribution is 0.407. The smallest absolute Gasteiger partial charge is 0.125 e. The fourth-order valence-corrected chi connectivity index (χ4v) is 1.73. The first-order valence-corrected chi connectivity index (χ1v) is 5.08. The van der Waals surface area contributed by atoms with Gasteiger partial charge in [0, 0.05) is 11.3 Å². The van der Waals surface area contributed by atoms with E-state index < -0.39 is 11.1 Å². The van der Waals surface area contributed by atoms with Crippen LogP contribution in [-0.4, -0.2) is 15.9 Å². The van der Waals surface area contributed by atoms with Gasteiger partial charge >= 0.3 is 0 Å². The third-order valence-corrected chi connectivity index (χ3v) is 2.32. The quantitative estimate of drug-likeness (QED) is 0.691. The van der Waals surface area contributed by atoms with Crippen LogP contribution in [0.15, 0.2) is 18.2 Å². The molecule has 1 aromatic carbocycles. The molecule has 0 aromatic heterocycles. The highest BCUT2D eigenvalue weighted by molar-refractivity contribution is 7.78. The minimum absolute atomic E-state index is 0.00481. The van der Waals surface area contributed by atoms with Gasteiger partial charge in [-0.2, -0.15) is 0 Å². The molecule has 3 nitrogen and oxygen atoms in total. The Hall–Kier alpha value is -0.870. The maximum Gasteiger partial charge on any atom is 0.125 e. The van der Waals surface area contributed by atoms with Crippen LogP contribution in [-0.2, 0) is 16.8 Å². The van der Waals surface area contributed by atoms with Gasteiger partial charge in [0.25, 0.3) is 0 Å². The fraction of sp³-hybridized carbons (Fsp3) is 0.333. The summed E-state index contributed by atoms with van der Waals surface area (Å²) in [7, 11) is 1.54. The molecule has 0 N–H and O–H groups in total. The molecule has 0 saturated carbocycles. The Kier molecular flexibility index (Phi) is 3.45. The number of aryl methyl sites for hydroxylation is 1. The van der Waals surface area contributed by atoms with Gasteiger partial charge < -0.3 is 9.29 Å². The number of benzene rings is 1. The van der Waals surface area contributed by atoms with Crippen LogP contribution in [0.1, 0.15) is 11.1 Å². The van der Waals surface area contributed by atoms with Gasteiger partial charge in [0.05, 0.1) is 7.11 Å². The standard InChI is InChI=1S/C9H12O3S/c1-7-4-3-5-8(6-13(10)11)9(7)12-2/h3-5H,6H2,1-2H3,(H,10,11)/p-1. The zero-order chi connectivity index (χ0) is 9.84. The van der Waals surface area contributed by atoms with Crippen molar-refractivity contribution in [2.24, 2.45) is 0 Å². The normalized spacial score (nSPS) is 12.5. The summed E-state index contributed by atoms with van der Waals surface area (Å²) in [5.41, 5.74) is 1.65. The number of hydrogen-bond donors (Lipinski definition) is 0. The summed E-state index contributed by atoms with van der Waals surface area (Å²) in [6, 6.07) is 5.46. The number of methoxy groups -OCH3 is 1. The van der Waals surface area contributed by atoms with Gasteiger partial charge in [-0.25, -0.2) is 0 Å². The average Bonchev–Trinajstić information content (AvgIpc) is 2.03. The molecule has 0 aliphatic carbocycles. The van der Waals surface area contributed by atoms with Crippen molar-refractivity contribution in [3.63, 3.8) is 0 Å². The zero-order valence-electron chi connectivity index (χ0n) is 7.57. The summed E-state index contributed by atoms with van der Waals surface area (Å²) < 4.78 is 26.1. The molecule has 13 heavy (non-hydrogen) atoms. The van der Waals surface area contributed by atoms with Gasteiger partial charge in [-0.3, -0.25) is 4.21 Å². The summed E-state index contributed by atoms with van der Waals surface area (Å²) >= 11 is -2.07. The molecule has 72 valence electrons. The Morgan fingerprint density at radius 2 is 2.23 bits per heavy atom. The lowest BCUT2D eigenvalue weighted by Crippen LogP contribution is -1.98. The van der Waals surface area contributed by atoms with E-state index in [9.17, 15) is 8.76 Å². The van der Waals surface area contributed by atoms with Crippen molar-refractivity contribution in [2.45, 2.75) is 12.7 Å². The minimum Gasteiger partial charge on any atom is -0.772 e. The van der Waals surface area contributed by atoms with Crippen LogP contribution in [0.4, 0.5) is 0 Å². The van der Waals surface area contributed by atoms with Crippen molar-refractivity contribution < 1.29 is 13.5 Å². The van der Waals surface area contributed by atoms with Crippen molar-refractivity contribution in [3.8, 4) is 5.75 Å². The maximum absolute atomic E-state index is 10.5. The third kappa shape index (κ3) is 2.54. The van der Waals surface area contributed by atoms with Crippen LogP contribution in [0, 0.1) is 6.92 Å². The zero-order valence-corrected chi connectivity index (χ0v) is 8.39. The Labute approximate surface area is 80.0 Å². The predicted molar refractivity (Wildman–Crippen MR) is 50.4 cm³/mol. The Morgan fingerprint density at radius 1 is 1.54 bits per heavy atom. The van der Waals surface area contributed by atoms with Crippen LogP contribution in [0.2, 0.25) is 0 Å². The van der Waals surface area contributed by atoms with Crippen molar-refractivity contribution in [2.75, 3.05) is 7.11 Å². The molecule has 0 radical (unpaired) electrons. The van der Waals surface area contributed by atoms with Gasteiger partial charge in [-0.1, -0.05) is 29.3 Å². The van der Waals surface area contributed by atoms with Crippen molar-refractivity contribution >= 4 is 11.1 Å². The van der Waals surface area contributed by atoms with E-state index in [4.69, 9.17) is 4.74 Å². The Bertz CT molecular complexity index is 323. The second kappa shape index (κ2) is 4.39. The molecule has 0 saturated heterocycles. The molecule has 0 bridgehead atoms. The van der Waals surface area contributed by atoms with Crippen LogP contribution >= 0.6 is 0 Å². The van der Waals surface area contributed by atoms with Gasteiger partial charge in [-0.15, -0.1) is 0 Å². The molecule has 0 amide bonds. The van der Waals surface area contributed by atoms with Crippen LogP contribution in [0.3, 0.4) is 0 Å². The van der Waals surface area contributed by atoms with Crippen molar-refractivity contribution in [1.82, 2.24) is 0 Å². The highest BCUT2D eigenvalue weighted by Crippen LogP contribution is 2.23. The molecule has 0 heterocycles. The molecular formula is C9H11O3S-. The van der Waals surface area contributed by atoms with Crippen molar-refractivity contribution in [3.05, 3.63) is 29.3 Å². The van der Waals surface area contributed by atoms with E-state index in [-0.39, 0.29) is 5.75 Å². The first kappa shape index (κ1) is 10.2. The number of para-hydroxylation sites is 1. The molecule has 1 rings (SSSR count). The van der Waals surface area contributed by atoms with Gasteiger partial charge in [0.2, 0.25) is 0 Å². The topological polar surface area (TPSA) is 49.4 Å². The van der Waals surface area contributed by atoms with Gasteiger partial charge in [0.1, 0.15) is 5.75 Å². The summed E-state index contributed by atoms with van der Waals surface area (Å²) in [4.78, 5) is 0. The van der Waals surface area contributed by atoms with E-state index in [0.29, 0.717) is 11.3 Å². The first-order chi connectivity index (χ1) is 6.15. The molecular weight excluding hydrogens is 188 g/mol. The summed E-state index contributed by atoms with van der Waals surface area (Å²) in [5.74, 6) is 0.664. The molecule has 1 unspecified atom stereocenters. The monoisotopic (exact) mass is 199 g/mol. The van der Waals surface area contributed by atoms with Crippen LogP contribution in [0.25, 0.3) is 0 Å². The molecule has 0 spiro atoms.